The maximum absolute atomic E-state index is 6.12. The number of nitrogens with two attached hydrogens (primary N) is 1. The monoisotopic (exact) mass is 241 g/mol. The smallest absolute Gasteiger partial charge is 0.0297 e. The molecule has 1 aromatic rings. The average molecular weight is 242 g/mol. The summed E-state index contributed by atoms with van der Waals surface area (Å²) in [5.74, 6) is 1.25. The highest BCUT2D eigenvalue weighted by atomic mass is 35.5. The summed E-state index contributed by atoms with van der Waals surface area (Å²) in [5.41, 5.74) is 8.76. The van der Waals surface area contributed by atoms with Gasteiger partial charge in [0.05, 0.1) is 0 Å². The fourth-order valence-corrected chi connectivity index (χ4v) is 1.77. The van der Waals surface area contributed by atoms with Crippen LogP contribution in [-0.4, -0.2) is 0 Å². The van der Waals surface area contributed by atoms with Gasteiger partial charge in [-0.15, -0.1) is 12.4 Å². The van der Waals surface area contributed by atoms with E-state index in [9.17, 15) is 0 Å². The molecule has 1 aromatic carbocycles. The molecule has 2 heteroatoms. The number of halogens is 1. The van der Waals surface area contributed by atoms with E-state index in [0.717, 1.165) is 6.42 Å². The lowest BCUT2D eigenvalue weighted by Crippen LogP contribution is -2.12. The van der Waals surface area contributed by atoms with Crippen molar-refractivity contribution in [3.8, 4) is 0 Å². The molecule has 0 saturated heterocycles. The van der Waals surface area contributed by atoms with Crippen LogP contribution < -0.4 is 5.73 Å². The van der Waals surface area contributed by atoms with Gasteiger partial charge in [0, 0.05) is 6.04 Å². The summed E-state index contributed by atoms with van der Waals surface area (Å²) < 4.78 is 0. The summed E-state index contributed by atoms with van der Waals surface area (Å²) in [6.07, 6.45) is 1.06. The molecule has 0 aliphatic rings. The van der Waals surface area contributed by atoms with Crippen molar-refractivity contribution >= 4 is 12.4 Å². The third kappa shape index (κ3) is 4.54. The van der Waals surface area contributed by atoms with E-state index in [0.29, 0.717) is 11.8 Å². The molecule has 1 rings (SSSR count). The van der Waals surface area contributed by atoms with Crippen LogP contribution in [0, 0.1) is 5.92 Å². The van der Waals surface area contributed by atoms with Gasteiger partial charge < -0.3 is 5.73 Å². The molecule has 0 unspecified atom stereocenters. The van der Waals surface area contributed by atoms with Crippen molar-refractivity contribution in [1.82, 2.24) is 0 Å². The SMILES string of the molecule is CC(C)C[C@H](N)c1ccc(C(C)C)cc1.Cl. The van der Waals surface area contributed by atoms with Crippen LogP contribution in [0.3, 0.4) is 0 Å². The van der Waals surface area contributed by atoms with E-state index in [-0.39, 0.29) is 18.4 Å². The van der Waals surface area contributed by atoms with Gasteiger partial charge in [0.15, 0.2) is 0 Å². The molecule has 0 aliphatic carbocycles. The van der Waals surface area contributed by atoms with Gasteiger partial charge in [0.2, 0.25) is 0 Å². The van der Waals surface area contributed by atoms with Crippen molar-refractivity contribution in [3.05, 3.63) is 35.4 Å². The van der Waals surface area contributed by atoms with E-state index in [1.165, 1.54) is 11.1 Å². The van der Waals surface area contributed by atoms with Crippen LogP contribution in [-0.2, 0) is 0 Å². The molecule has 0 saturated carbocycles. The largest absolute Gasteiger partial charge is 0.324 e. The Morgan fingerprint density at radius 3 is 1.75 bits per heavy atom. The third-order valence-corrected chi connectivity index (χ3v) is 2.76. The topological polar surface area (TPSA) is 26.0 Å². The predicted molar refractivity (Wildman–Crippen MR) is 74.2 cm³/mol. The van der Waals surface area contributed by atoms with Crippen LogP contribution in [0.15, 0.2) is 24.3 Å². The highest BCUT2D eigenvalue weighted by molar-refractivity contribution is 5.85. The van der Waals surface area contributed by atoms with E-state index >= 15 is 0 Å². The van der Waals surface area contributed by atoms with Crippen molar-refractivity contribution in [1.29, 1.82) is 0 Å². The van der Waals surface area contributed by atoms with Crippen molar-refractivity contribution in [2.75, 3.05) is 0 Å². The van der Waals surface area contributed by atoms with Crippen LogP contribution in [0.1, 0.15) is 57.2 Å². The number of benzene rings is 1. The van der Waals surface area contributed by atoms with Gasteiger partial charge in [-0.3, -0.25) is 0 Å². The molecular weight excluding hydrogens is 218 g/mol. The highest BCUT2D eigenvalue weighted by Crippen LogP contribution is 2.21. The molecule has 1 atom stereocenters. The summed E-state index contributed by atoms with van der Waals surface area (Å²) >= 11 is 0. The molecule has 0 spiro atoms. The lowest BCUT2D eigenvalue weighted by Gasteiger charge is -2.15. The molecule has 1 nitrogen and oxygen atoms in total. The van der Waals surface area contributed by atoms with Gasteiger partial charge in [0.1, 0.15) is 0 Å². The number of hydrogen-bond donors (Lipinski definition) is 1. The van der Waals surface area contributed by atoms with Gasteiger partial charge in [-0.05, 0) is 29.4 Å². The molecule has 0 bridgehead atoms. The molecule has 0 radical (unpaired) electrons. The molecule has 2 N–H and O–H groups in total. The summed E-state index contributed by atoms with van der Waals surface area (Å²) in [4.78, 5) is 0. The van der Waals surface area contributed by atoms with Crippen molar-refractivity contribution in [2.45, 2.75) is 46.1 Å². The number of rotatable bonds is 4. The second-order valence-corrected chi connectivity index (χ2v) is 5.06. The molecule has 0 aromatic heterocycles. The maximum Gasteiger partial charge on any atom is 0.0297 e. The molecular formula is C14H24ClN. The number of hydrogen-bond acceptors (Lipinski definition) is 1. The minimum absolute atomic E-state index is 0. The fraction of sp³-hybridized carbons (Fsp3) is 0.571. The van der Waals surface area contributed by atoms with Crippen LogP contribution in [0.2, 0.25) is 0 Å². The van der Waals surface area contributed by atoms with Gasteiger partial charge >= 0.3 is 0 Å². The Hall–Kier alpha value is -0.530. The van der Waals surface area contributed by atoms with E-state index in [1.807, 2.05) is 0 Å². The van der Waals surface area contributed by atoms with E-state index < -0.39 is 0 Å². The van der Waals surface area contributed by atoms with Gasteiger partial charge in [-0.25, -0.2) is 0 Å². The Bertz CT molecular complexity index is 290. The van der Waals surface area contributed by atoms with Crippen molar-refractivity contribution in [2.24, 2.45) is 11.7 Å². The van der Waals surface area contributed by atoms with Gasteiger partial charge in [0.25, 0.3) is 0 Å². The first-order chi connectivity index (χ1) is 7.00. The highest BCUT2D eigenvalue weighted by Gasteiger charge is 2.08. The summed E-state index contributed by atoms with van der Waals surface area (Å²) in [6.45, 7) is 8.84. The Balaban J connectivity index is 0.00000225. The molecule has 0 heterocycles. The van der Waals surface area contributed by atoms with E-state index in [2.05, 4.69) is 52.0 Å². The summed E-state index contributed by atoms with van der Waals surface area (Å²) in [5, 5.41) is 0. The lowest BCUT2D eigenvalue weighted by molar-refractivity contribution is 0.510. The minimum Gasteiger partial charge on any atom is -0.324 e. The zero-order valence-corrected chi connectivity index (χ0v) is 11.6. The van der Waals surface area contributed by atoms with E-state index in [4.69, 9.17) is 5.73 Å². The van der Waals surface area contributed by atoms with Crippen LogP contribution in [0.4, 0.5) is 0 Å². The molecule has 16 heavy (non-hydrogen) atoms. The summed E-state index contributed by atoms with van der Waals surface area (Å²) in [6, 6.07) is 8.91. The zero-order chi connectivity index (χ0) is 11.4. The molecule has 0 amide bonds. The third-order valence-electron chi connectivity index (χ3n) is 2.76. The second-order valence-electron chi connectivity index (χ2n) is 5.06. The quantitative estimate of drug-likeness (QED) is 0.837. The summed E-state index contributed by atoms with van der Waals surface area (Å²) in [7, 11) is 0. The van der Waals surface area contributed by atoms with Crippen LogP contribution in [0.25, 0.3) is 0 Å². The Morgan fingerprint density at radius 2 is 1.38 bits per heavy atom. The van der Waals surface area contributed by atoms with Crippen LogP contribution in [0.5, 0.6) is 0 Å². The first-order valence-electron chi connectivity index (χ1n) is 5.86. The second kappa shape index (κ2) is 6.93. The van der Waals surface area contributed by atoms with Crippen LogP contribution >= 0.6 is 12.4 Å². The van der Waals surface area contributed by atoms with E-state index in [1.54, 1.807) is 0 Å². The lowest BCUT2D eigenvalue weighted by atomic mass is 9.95. The first-order valence-corrected chi connectivity index (χ1v) is 5.86. The molecule has 0 aliphatic heterocycles. The molecule has 0 fully saturated rings. The standard InChI is InChI=1S/C14H23N.ClH/c1-10(2)9-14(15)13-7-5-12(6-8-13)11(3)4;/h5-8,10-11,14H,9,15H2,1-4H3;1H/t14-;/m0./s1. The average Bonchev–Trinajstić information content (AvgIpc) is 2.17. The Labute approximate surface area is 106 Å². The Morgan fingerprint density at radius 1 is 0.938 bits per heavy atom. The first kappa shape index (κ1) is 15.5. The fourth-order valence-electron chi connectivity index (χ4n) is 1.77. The van der Waals surface area contributed by atoms with Crippen molar-refractivity contribution in [3.63, 3.8) is 0 Å². The van der Waals surface area contributed by atoms with Gasteiger partial charge in [-0.2, -0.15) is 0 Å². The zero-order valence-electron chi connectivity index (χ0n) is 10.7. The van der Waals surface area contributed by atoms with Crippen molar-refractivity contribution < 1.29 is 0 Å². The molecule has 92 valence electrons. The normalized spacial score (nSPS) is 12.7. The minimum atomic E-state index is 0. The maximum atomic E-state index is 6.12. The predicted octanol–water partition coefficient (Wildman–Crippen LogP) is 4.28. The van der Waals surface area contributed by atoms with Gasteiger partial charge in [-0.1, -0.05) is 52.0 Å². The Kier molecular flexibility index (Phi) is 6.70.